The van der Waals surface area contributed by atoms with E-state index < -0.39 is 8.24 Å². The van der Waals surface area contributed by atoms with E-state index in [4.69, 9.17) is 0 Å². The first-order valence-electron chi connectivity index (χ1n) is 5.48. The van der Waals surface area contributed by atoms with Crippen LogP contribution in [-0.4, -0.2) is 26.1 Å². The van der Waals surface area contributed by atoms with E-state index in [9.17, 15) is 0 Å². The van der Waals surface area contributed by atoms with Gasteiger partial charge in [-0.1, -0.05) is 55.4 Å². The number of rotatable bonds is 2. The van der Waals surface area contributed by atoms with Crippen molar-refractivity contribution in [3.05, 3.63) is 42.4 Å². The van der Waals surface area contributed by atoms with Crippen LogP contribution in [0, 0.1) is 5.98 Å². The quantitative estimate of drug-likeness (QED) is 0.345. The zero-order valence-corrected chi connectivity index (χ0v) is 17.1. The predicted molar refractivity (Wildman–Crippen MR) is 69.7 cm³/mol. The summed E-state index contributed by atoms with van der Waals surface area (Å²) in [5.41, 5.74) is 1.37. The van der Waals surface area contributed by atoms with Crippen LogP contribution in [0.25, 0.3) is 0 Å². The molecule has 2 rings (SSSR count). The molecule has 0 unspecified atom stereocenters. The van der Waals surface area contributed by atoms with Crippen LogP contribution >= 0.6 is 0 Å². The van der Waals surface area contributed by atoms with E-state index in [2.05, 4.69) is 66.5 Å². The fourth-order valence-electron chi connectivity index (χ4n) is 2.03. The van der Waals surface area contributed by atoms with Crippen LogP contribution in [-0.2, 0) is 26.2 Å². The summed E-state index contributed by atoms with van der Waals surface area (Å²) in [5.74, 6) is 3.47. The molecule has 0 N–H and O–H groups in total. The number of nitrogens with zero attached hydrogens (tertiary/aromatic N) is 1. The second kappa shape index (κ2) is 10.6. The van der Waals surface area contributed by atoms with Crippen molar-refractivity contribution in [2.24, 2.45) is 0 Å². The standard InChI is InChI=1S/C12H17BNSi.3ClH.Zr/c1-15(2,3)14-11-7-10-13(14)12-8-5-4-6-9-12;;;;/h4-9H,11H2,1-3H3;3*1H;/q-1;;;;+4/p-3. The third-order valence-corrected chi connectivity index (χ3v) is 5.02. The van der Waals surface area contributed by atoms with Gasteiger partial charge < -0.3 is 47.7 Å². The Kier molecular flexibility index (Phi) is 14.0. The van der Waals surface area contributed by atoms with Gasteiger partial charge in [0.25, 0.3) is 0 Å². The van der Waals surface area contributed by atoms with Gasteiger partial charge in [-0.15, -0.1) is 0 Å². The molecule has 0 aromatic heterocycles. The Bertz CT molecular complexity index is 373. The molecular formula is C12H17BCl3NSiZr. The average molecular weight is 412 g/mol. The molecule has 1 aromatic rings. The normalized spacial score (nSPS) is 13.7. The molecule has 0 fully saturated rings. The molecule has 1 nitrogen and oxygen atoms in total. The summed E-state index contributed by atoms with van der Waals surface area (Å²) in [5, 5.41) is 0. The minimum Gasteiger partial charge on any atom is -1.00 e. The molecule has 0 radical (unpaired) electrons. The van der Waals surface area contributed by atoms with Gasteiger partial charge in [0.1, 0.15) is 8.24 Å². The van der Waals surface area contributed by atoms with Crippen molar-refractivity contribution < 1.29 is 63.4 Å². The molecule has 0 atom stereocenters. The first-order valence-corrected chi connectivity index (χ1v) is 8.93. The summed E-state index contributed by atoms with van der Waals surface area (Å²) >= 11 is 0. The summed E-state index contributed by atoms with van der Waals surface area (Å²) < 4.78 is 2.60. The number of benzene rings is 1. The van der Waals surface area contributed by atoms with E-state index in [0.29, 0.717) is 6.85 Å². The minimum absolute atomic E-state index is 0. The largest absolute Gasteiger partial charge is 4.00 e. The fourth-order valence-corrected chi connectivity index (χ4v) is 3.67. The van der Waals surface area contributed by atoms with Gasteiger partial charge >= 0.3 is 26.2 Å². The zero-order valence-electron chi connectivity index (χ0n) is 11.3. The molecule has 7 heteroatoms. The maximum Gasteiger partial charge on any atom is 4.00 e. The fraction of sp³-hybridized carbons (Fsp3) is 0.333. The Morgan fingerprint density at radius 2 is 1.58 bits per heavy atom. The molecule has 0 aliphatic carbocycles. The molecule has 1 aromatic carbocycles. The monoisotopic (exact) mass is 409 g/mol. The maximum atomic E-state index is 3.47. The van der Waals surface area contributed by atoms with Gasteiger partial charge in [-0.3, -0.25) is 6.08 Å². The average Bonchev–Trinajstić information content (AvgIpc) is 2.67. The van der Waals surface area contributed by atoms with Crippen LogP contribution in [0.2, 0.25) is 19.6 Å². The van der Waals surface area contributed by atoms with E-state index in [0.717, 1.165) is 6.54 Å². The summed E-state index contributed by atoms with van der Waals surface area (Å²) in [4.78, 5) is 0. The van der Waals surface area contributed by atoms with Crippen molar-refractivity contribution in [3.8, 4) is 0 Å². The van der Waals surface area contributed by atoms with Gasteiger partial charge in [0.2, 0.25) is 0 Å². The molecule has 0 spiro atoms. The van der Waals surface area contributed by atoms with E-state index in [1.165, 1.54) is 5.46 Å². The van der Waals surface area contributed by atoms with E-state index in [-0.39, 0.29) is 63.4 Å². The molecule has 1 aliphatic rings. The van der Waals surface area contributed by atoms with Crippen molar-refractivity contribution in [1.82, 2.24) is 4.48 Å². The second-order valence-electron chi connectivity index (χ2n) is 5.01. The summed E-state index contributed by atoms with van der Waals surface area (Å²) in [6.07, 6.45) is 2.18. The molecule has 0 saturated carbocycles. The minimum atomic E-state index is -1.23. The van der Waals surface area contributed by atoms with Gasteiger partial charge in [-0.2, -0.15) is 0 Å². The van der Waals surface area contributed by atoms with Crippen LogP contribution < -0.4 is 42.7 Å². The van der Waals surface area contributed by atoms with E-state index in [1.54, 1.807) is 0 Å². The zero-order chi connectivity index (χ0) is 10.9. The predicted octanol–water partition coefficient (Wildman–Crippen LogP) is -7.06. The molecule has 102 valence electrons. The Morgan fingerprint density at radius 3 is 2.05 bits per heavy atom. The molecule has 19 heavy (non-hydrogen) atoms. The van der Waals surface area contributed by atoms with Gasteiger partial charge in [-0.05, 0) is 6.54 Å². The summed E-state index contributed by atoms with van der Waals surface area (Å²) in [6.45, 7) is 8.63. The Hall–Kier alpha value is 0.955. The molecular weight excluding hydrogens is 395 g/mol. The van der Waals surface area contributed by atoms with Crippen molar-refractivity contribution >= 4 is 20.5 Å². The molecule has 0 amide bonds. The molecule has 0 saturated heterocycles. The third-order valence-electron chi connectivity index (χ3n) is 2.85. The Labute approximate surface area is 156 Å². The number of hydrogen-bond acceptors (Lipinski definition) is 1. The topological polar surface area (TPSA) is 3.24 Å². The van der Waals surface area contributed by atoms with E-state index in [1.807, 2.05) is 0 Å². The summed E-state index contributed by atoms with van der Waals surface area (Å²) in [7, 11) is -1.23. The van der Waals surface area contributed by atoms with Crippen molar-refractivity contribution in [2.45, 2.75) is 19.6 Å². The van der Waals surface area contributed by atoms with Crippen LogP contribution in [0.4, 0.5) is 0 Å². The van der Waals surface area contributed by atoms with Crippen LogP contribution in [0.3, 0.4) is 0 Å². The van der Waals surface area contributed by atoms with Gasteiger partial charge in [-0.25, -0.2) is 0 Å². The Morgan fingerprint density at radius 1 is 1.05 bits per heavy atom. The SMILES string of the molecule is C[Si](C)(C)N1CC=[C-]B1c1ccccc1.[Cl-].[Cl-].[Cl-].[Zr+4]. The van der Waals surface area contributed by atoms with Gasteiger partial charge in [0.15, 0.2) is 0 Å². The van der Waals surface area contributed by atoms with Crippen LogP contribution in [0.15, 0.2) is 36.4 Å². The van der Waals surface area contributed by atoms with Gasteiger partial charge in [0, 0.05) is 0 Å². The molecule has 0 bridgehead atoms. The maximum absolute atomic E-state index is 3.47. The molecule has 1 aliphatic heterocycles. The van der Waals surface area contributed by atoms with Crippen LogP contribution in [0.5, 0.6) is 0 Å². The van der Waals surface area contributed by atoms with Gasteiger partial charge in [0.05, 0.1) is 6.85 Å². The van der Waals surface area contributed by atoms with E-state index >= 15 is 0 Å². The second-order valence-corrected chi connectivity index (χ2v) is 9.92. The first kappa shape index (κ1) is 24.9. The number of hydrogen-bond donors (Lipinski definition) is 0. The number of halogens is 3. The molecule has 1 heterocycles. The Balaban J connectivity index is -0.000000640. The first-order chi connectivity index (χ1) is 7.09. The smallest absolute Gasteiger partial charge is 1.00 e. The van der Waals surface area contributed by atoms with Crippen molar-refractivity contribution in [3.63, 3.8) is 0 Å². The van der Waals surface area contributed by atoms with Crippen molar-refractivity contribution in [2.75, 3.05) is 6.54 Å². The van der Waals surface area contributed by atoms with Crippen LogP contribution in [0.1, 0.15) is 0 Å². The third kappa shape index (κ3) is 6.50. The van der Waals surface area contributed by atoms with Crippen molar-refractivity contribution in [1.29, 1.82) is 0 Å². The summed E-state index contributed by atoms with van der Waals surface area (Å²) in [6, 6.07) is 10.7.